The van der Waals surface area contributed by atoms with E-state index in [2.05, 4.69) is 22.4 Å². The van der Waals surface area contributed by atoms with Crippen LogP contribution < -0.4 is 5.32 Å². The summed E-state index contributed by atoms with van der Waals surface area (Å²) in [6.45, 7) is 4.26. The van der Waals surface area contributed by atoms with Gasteiger partial charge in [0, 0.05) is 19.0 Å². The van der Waals surface area contributed by atoms with Gasteiger partial charge in [0.05, 0.1) is 0 Å². The molecule has 2 rings (SSSR count). The lowest BCUT2D eigenvalue weighted by Gasteiger charge is -2.21. The SMILES string of the molecule is O=C(NCCN1CCCCCC1)[C@@H]1CC=CCC1. The highest BCUT2D eigenvalue weighted by Crippen LogP contribution is 2.17. The molecule has 1 heterocycles. The maximum absolute atomic E-state index is 11.9. The van der Waals surface area contributed by atoms with Crippen LogP contribution in [0.4, 0.5) is 0 Å². The van der Waals surface area contributed by atoms with E-state index in [1.165, 1.54) is 38.8 Å². The molecule has 0 saturated carbocycles. The highest BCUT2D eigenvalue weighted by molar-refractivity contribution is 5.78. The molecule has 1 aliphatic carbocycles. The van der Waals surface area contributed by atoms with Crippen molar-refractivity contribution in [3.63, 3.8) is 0 Å². The van der Waals surface area contributed by atoms with E-state index in [-0.39, 0.29) is 11.8 Å². The van der Waals surface area contributed by atoms with Gasteiger partial charge in [-0.15, -0.1) is 0 Å². The molecule has 1 saturated heterocycles. The number of carbonyl (C=O) groups is 1. The summed E-state index contributed by atoms with van der Waals surface area (Å²) in [5, 5.41) is 3.11. The van der Waals surface area contributed by atoms with Crippen LogP contribution in [0.2, 0.25) is 0 Å². The monoisotopic (exact) mass is 250 g/mol. The maximum Gasteiger partial charge on any atom is 0.223 e. The first-order valence-electron chi connectivity index (χ1n) is 7.51. The van der Waals surface area contributed by atoms with Crippen molar-refractivity contribution in [3.05, 3.63) is 12.2 Å². The summed E-state index contributed by atoms with van der Waals surface area (Å²) >= 11 is 0. The zero-order chi connectivity index (χ0) is 12.6. The van der Waals surface area contributed by atoms with Crippen molar-refractivity contribution in [2.45, 2.75) is 44.9 Å². The molecule has 3 nitrogen and oxygen atoms in total. The summed E-state index contributed by atoms with van der Waals surface area (Å²) in [7, 11) is 0. The van der Waals surface area contributed by atoms with E-state index in [1.54, 1.807) is 0 Å². The Morgan fingerprint density at radius 2 is 1.94 bits per heavy atom. The normalized spacial score (nSPS) is 25.7. The topological polar surface area (TPSA) is 32.3 Å². The second-order valence-corrected chi connectivity index (χ2v) is 5.53. The Kier molecular flexibility index (Phi) is 5.72. The van der Waals surface area contributed by atoms with E-state index in [9.17, 15) is 4.79 Å². The first kappa shape index (κ1) is 13.6. The van der Waals surface area contributed by atoms with Gasteiger partial charge < -0.3 is 10.2 Å². The van der Waals surface area contributed by atoms with Crippen LogP contribution in [0.25, 0.3) is 0 Å². The first-order chi connectivity index (χ1) is 8.86. The van der Waals surface area contributed by atoms with E-state index in [4.69, 9.17) is 0 Å². The quantitative estimate of drug-likeness (QED) is 0.777. The minimum absolute atomic E-state index is 0.221. The molecule has 2 aliphatic rings. The average Bonchev–Trinajstić information content (AvgIpc) is 2.68. The number of nitrogens with zero attached hydrogens (tertiary/aromatic N) is 1. The Hall–Kier alpha value is -0.830. The number of nitrogens with one attached hydrogen (secondary N) is 1. The molecule has 1 amide bonds. The summed E-state index contributed by atoms with van der Waals surface area (Å²) in [5.41, 5.74) is 0. The molecular weight excluding hydrogens is 224 g/mol. The molecule has 1 atom stereocenters. The van der Waals surface area contributed by atoms with Crippen molar-refractivity contribution in [1.29, 1.82) is 0 Å². The summed E-state index contributed by atoms with van der Waals surface area (Å²) in [6.07, 6.45) is 12.7. The highest BCUT2D eigenvalue weighted by Gasteiger charge is 2.18. The van der Waals surface area contributed by atoms with Crippen molar-refractivity contribution in [2.24, 2.45) is 5.92 Å². The third kappa shape index (κ3) is 4.45. The maximum atomic E-state index is 11.9. The number of hydrogen-bond donors (Lipinski definition) is 1. The van der Waals surface area contributed by atoms with Gasteiger partial charge >= 0.3 is 0 Å². The molecule has 1 fully saturated rings. The largest absolute Gasteiger partial charge is 0.355 e. The van der Waals surface area contributed by atoms with Crippen molar-refractivity contribution in [2.75, 3.05) is 26.2 Å². The Morgan fingerprint density at radius 1 is 1.17 bits per heavy atom. The standard InChI is InChI=1S/C15H26N2O/c18-15(14-8-4-3-5-9-14)16-10-13-17-11-6-1-2-7-12-17/h3-4,14H,1-2,5-13H2,(H,16,18)/t14-/m1/s1. The minimum atomic E-state index is 0.221. The fourth-order valence-corrected chi connectivity index (χ4v) is 2.87. The van der Waals surface area contributed by atoms with Gasteiger partial charge in [0.1, 0.15) is 0 Å². The van der Waals surface area contributed by atoms with Gasteiger partial charge in [-0.1, -0.05) is 25.0 Å². The van der Waals surface area contributed by atoms with Crippen LogP contribution in [-0.2, 0) is 4.79 Å². The van der Waals surface area contributed by atoms with Crippen LogP contribution in [0.3, 0.4) is 0 Å². The molecule has 3 heteroatoms. The molecular formula is C15H26N2O. The van der Waals surface area contributed by atoms with Gasteiger partial charge in [0.15, 0.2) is 0 Å². The molecule has 0 aromatic carbocycles. The minimum Gasteiger partial charge on any atom is -0.355 e. The van der Waals surface area contributed by atoms with Crippen LogP contribution in [0, 0.1) is 5.92 Å². The number of amides is 1. The van der Waals surface area contributed by atoms with Crippen LogP contribution in [0.15, 0.2) is 12.2 Å². The summed E-state index contributed by atoms with van der Waals surface area (Å²) in [5.74, 6) is 0.480. The molecule has 0 radical (unpaired) electrons. The van der Waals surface area contributed by atoms with Crippen molar-refractivity contribution < 1.29 is 4.79 Å². The third-order valence-corrected chi connectivity index (χ3v) is 4.07. The average molecular weight is 250 g/mol. The predicted molar refractivity (Wildman–Crippen MR) is 74.4 cm³/mol. The van der Waals surface area contributed by atoms with Crippen LogP contribution >= 0.6 is 0 Å². The molecule has 0 aromatic heterocycles. The molecule has 0 unspecified atom stereocenters. The Morgan fingerprint density at radius 3 is 2.61 bits per heavy atom. The van der Waals surface area contributed by atoms with Gasteiger partial charge in [-0.3, -0.25) is 4.79 Å². The third-order valence-electron chi connectivity index (χ3n) is 4.07. The van der Waals surface area contributed by atoms with E-state index in [1.807, 2.05) is 0 Å². The Labute approximate surface area is 111 Å². The van der Waals surface area contributed by atoms with Gasteiger partial charge in [-0.25, -0.2) is 0 Å². The number of likely N-dealkylation sites (tertiary alicyclic amines) is 1. The number of rotatable bonds is 4. The molecule has 0 spiro atoms. The fraction of sp³-hybridized carbons (Fsp3) is 0.800. The molecule has 0 aromatic rings. The van der Waals surface area contributed by atoms with Gasteiger partial charge in [0.2, 0.25) is 5.91 Å². The lowest BCUT2D eigenvalue weighted by Crippen LogP contribution is -2.38. The smallest absolute Gasteiger partial charge is 0.223 e. The van der Waals surface area contributed by atoms with Crippen molar-refractivity contribution >= 4 is 5.91 Å². The zero-order valence-corrected chi connectivity index (χ0v) is 11.4. The Bertz CT molecular complexity index is 280. The number of carbonyl (C=O) groups excluding carboxylic acids is 1. The summed E-state index contributed by atoms with van der Waals surface area (Å²) in [6, 6.07) is 0. The lowest BCUT2D eigenvalue weighted by atomic mass is 9.94. The van der Waals surface area contributed by atoms with Crippen LogP contribution in [0.1, 0.15) is 44.9 Å². The summed E-state index contributed by atoms with van der Waals surface area (Å²) < 4.78 is 0. The molecule has 1 N–H and O–H groups in total. The van der Waals surface area contributed by atoms with E-state index in [0.29, 0.717) is 0 Å². The van der Waals surface area contributed by atoms with Crippen LogP contribution in [0.5, 0.6) is 0 Å². The van der Waals surface area contributed by atoms with Gasteiger partial charge in [-0.05, 0) is 45.2 Å². The molecule has 0 bridgehead atoms. The van der Waals surface area contributed by atoms with Gasteiger partial charge in [0.25, 0.3) is 0 Å². The van der Waals surface area contributed by atoms with Crippen molar-refractivity contribution in [1.82, 2.24) is 10.2 Å². The lowest BCUT2D eigenvalue weighted by molar-refractivity contribution is -0.125. The Balaban J connectivity index is 1.61. The second-order valence-electron chi connectivity index (χ2n) is 5.53. The van der Waals surface area contributed by atoms with E-state index in [0.717, 1.165) is 32.4 Å². The zero-order valence-electron chi connectivity index (χ0n) is 11.4. The summed E-state index contributed by atoms with van der Waals surface area (Å²) in [4.78, 5) is 14.4. The number of hydrogen-bond acceptors (Lipinski definition) is 2. The second kappa shape index (κ2) is 7.57. The van der Waals surface area contributed by atoms with E-state index >= 15 is 0 Å². The fourth-order valence-electron chi connectivity index (χ4n) is 2.87. The van der Waals surface area contributed by atoms with E-state index < -0.39 is 0 Å². The number of allylic oxidation sites excluding steroid dienone is 2. The van der Waals surface area contributed by atoms with Gasteiger partial charge in [-0.2, -0.15) is 0 Å². The van der Waals surface area contributed by atoms with Crippen molar-refractivity contribution in [3.8, 4) is 0 Å². The molecule has 102 valence electrons. The van der Waals surface area contributed by atoms with Crippen LogP contribution in [-0.4, -0.2) is 37.0 Å². The molecule has 18 heavy (non-hydrogen) atoms. The first-order valence-corrected chi connectivity index (χ1v) is 7.51. The molecule has 1 aliphatic heterocycles. The predicted octanol–water partition coefficient (Wildman–Crippen LogP) is 2.33. The highest BCUT2D eigenvalue weighted by atomic mass is 16.1.